The summed E-state index contributed by atoms with van der Waals surface area (Å²) >= 11 is 0. The van der Waals surface area contributed by atoms with Gasteiger partial charge in [-0.05, 0) is 103 Å². The van der Waals surface area contributed by atoms with Gasteiger partial charge in [-0.1, -0.05) is 44.4 Å². The molecule has 0 N–H and O–H groups in total. The van der Waals surface area contributed by atoms with E-state index in [0.717, 1.165) is 36.3 Å². The second kappa shape index (κ2) is 8.76. The number of rotatable bonds is 5. The molecule has 2 heteroatoms. The molecule has 2 aliphatic rings. The van der Waals surface area contributed by atoms with Gasteiger partial charge in [0.05, 0.1) is 0 Å². The molecule has 0 aromatic heterocycles. The number of hydrogen-bond donors (Lipinski definition) is 0. The molecular formula is C26H32F2. The van der Waals surface area contributed by atoms with E-state index in [4.69, 9.17) is 0 Å². The molecule has 150 valence electrons. The molecule has 28 heavy (non-hydrogen) atoms. The van der Waals surface area contributed by atoms with Crippen molar-refractivity contribution in [1.82, 2.24) is 0 Å². The maximum Gasteiger partial charge on any atom is 0.126 e. The molecular weight excluding hydrogens is 350 g/mol. The van der Waals surface area contributed by atoms with Gasteiger partial charge < -0.3 is 0 Å². The maximum absolute atomic E-state index is 15.0. The van der Waals surface area contributed by atoms with Crippen molar-refractivity contribution in [3.8, 4) is 0 Å². The van der Waals surface area contributed by atoms with E-state index in [0.29, 0.717) is 5.92 Å². The van der Waals surface area contributed by atoms with Gasteiger partial charge in [0.1, 0.15) is 11.6 Å². The molecule has 0 bridgehead atoms. The zero-order valence-corrected chi connectivity index (χ0v) is 17.0. The van der Waals surface area contributed by atoms with Crippen LogP contribution in [0.2, 0.25) is 0 Å². The Morgan fingerprint density at radius 3 is 2.43 bits per heavy atom. The molecule has 1 fully saturated rings. The van der Waals surface area contributed by atoms with Crippen LogP contribution >= 0.6 is 0 Å². The van der Waals surface area contributed by atoms with Gasteiger partial charge in [-0.15, -0.1) is 0 Å². The predicted molar refractivity (Wildman–Crippen MR) is 112 cm³/mol. The Morgan fingerprint density at radius 2 is 1.68 bits per heavy atom. The van der Waals surface area contributed by atoms with E-state index in [1.807, 2.05) is 18.2 Å². The summed E-state index contributed by atoms with van der Waals surface area (Å²) in [6.07, 6.45) is 11.5. The highest BCUT2D eigenvalue weighted by atomic mass is 19.1. The summed E-state index contributed by atoms with van der Waals surface area (Å²) in [5, 5.41) is 0. The van der Waals surface area contributed by atoms with Crippen LogP contribution in [0.3, 0.4) is 0 Å². The molecule has 0 saturated heterocycles. The smallest absolute Gasteiger partial charge is 0.126 e. The van der Waals surface area contributed by atoms with Crippen LogP contribution in [0.25, 0.3) is 0 Å². The van der Waals surface area contributed by atoms with Crippen molar-refractivity contribution in [3.63, 3.8) is 0 Å². The SMILES string of the molecule is CCCCC1CCC(c2ccc(C3CCc4cc(F)ccc4C3)c(F)c2)CC1. The first-order valence-corrected chi connectivity index (χ1v) is 11.2. The van der Waals surface area contributed by atoms with Crippen LogP contribution in [0.5, 0.6) is 0 Å². The number of halogens is 2. The first kappa shape index (κ1) is 19.6. The highest BCUT2D eigenvalue weighted by molar-refractivity contribution is 5.36. The number of fused-ring (bicyclic) bond motifs is 1. The van der Waals surface area contributed by atoms with Gasteiger partial charge >= 0.3 is 0 Å². The number of unbranched alkanes of at least 4 members (excludes halogenated alkanes) is 1. The van der Waals surface area contributed by atoms with Crippen molar-refractivity contribution in [2.24, 2.45) is 5.92 Å². The van der Waals surface area contributed by atoms with Crippen LogP contribution in [-0.4, -0.2) is 0 Å². The molecule has 2 aromatic carbocycles. The van der Waals surface area contributed by atoms with E-state index in [2.05, 4.69) is 13.0 Å². The first-order valence-electron chi connectivity index (χ1n) is 11.2. The zero-order chi connectivity index (χ0) is 19.5. The second-order valence-electron chi connectivity index (χ2n) is 8.99. The summed E-state index contributed by atoms with van der Waals surface area (Å²) in [5.41, 5.74) is 4.29. The van der Waals surface area contributed by atoms with Crippen molar-refractivity contribution < 1.29 is 8.78 Å². The maximum atomic E-state index is 15.0. The van der Waals surface area contributed by atoms with Gasteiger partial charge in [-0.3, -0.25) is 0 Å². The van der Waals surface area contributed by atoms with E-state index in [1.54, 1.807) is 6.07 Å². The third-order valence-electron chi connectivity index (χ3n) is 7.15. The largest absolute Gasteiger partial charge is 0.207 e. The Kier molecular flexibility index (Phi) is 6.13. The molecule has 0 radical (unpaired) electrons. The molecule has 0 aliphatic heterocycles. The molecule has 1 saturated carbocycles. The van der Waals surface area contributed by atoms with Crippen LogP contribution in [-0.2, 0) is 12.8 Å². The zero-order valence-electron chi connectivity index (χ0n) is 17.0. The quantitative estimate of drug-likeness (QED) is 0.497. The Bertz CT molecular complexity index is 802. The topological polar surface area (TPSA) is 0 Å². The average Bonchev–Trinajstić information content (AvgIpc) is 2.72. The standard InChI is InChI=1S/C26H32F2/c1-2-3-4-18-5-7-19(8-6-18)22-12-14-25(26(28)17-22)23-10-9-21-16-24(27)13-11-20(21)15-23/h11-14,16-19,23H,2-10,15H2,1H3. The lowest BCUT2D eigenvalue weighted by molar-refractivity contribution is 0.304. The number of benzene rings is 2. The summed E-state index contributed by atoms with van der Waals surface area (Å²) in [4.78, 5) is 0. The van der Waals surface area contributed by atoms with Gasteiger partial charge in [-0.2, -0.15) is 0 Å². The summed E-state index contributed by atoms with van der Waals surface area (Å²) < 4.78 is 28.4. The van der Waals surface area contributed by atoms with E-state index >= 15 is 4.39 Å². The average molecular weight is 383 g/mol. The Hall–Kier alpha value is -1.70. The fraction of sp³-hybridized carbons (Fsp3) is 0.538. The van der Waals surface area contributed by atoms with Crippen molar-refractivity contribution in [2.75, 3.05) is 0 Å². The molecule has 0 amide bonds. The lowest BCUT2D eigenvalue weighted by Crippen LogP contribution is -2.16. The summed E-state index contributed by atoms with van der Waals surface area (Å²) in [5.74, 6) is 1.40. The van der Waals surface area contributed by atoms with E-state index < -0.39 is 0 Å². The molecule has 0 heterocycles. The third kappa shape index (κ3) is 4.31. The van der Waals surface area contributed by atoms with Gasteiger partial charge in [0.15, 0.2) is 0 Å². The van der Waals surface area contributed by atoms with Crippen molar-refractivity contribution in [2.45, 2.75) is 83.0 Å². The fourth-order valence-electron chi connectivity index (χ4n) is 5.39. The molecule has 2 aliphatic carbocycles. The van der Waals surface area contributed by atoms with Crippen molar-refractivity contribution >= 4 is 0 Å². The molecule has 0 nitrogen and oxygen atoms in total. The van der Waals surface area contributed by atoms with Crippen LogP contribution < -0.4 is 0 Å². The monoisotopic (exact) mass is 382 g/mol. The molecule has 1 unspecified atom stereocenters. The molecule has 4 rings (SSSR count). The van der Waals surface area contributed by atoms with Gasteiger partial charge in [0.2, 0.25) is 0 Å². The normalized spacial score (nSPS) is 24.8. The highest BCUT2D eigenvalue weighted by Crippen LogP contribution is 2.40. The van der Waals surface area contributed by atoms with E-state index in [-0.39, 0.29) is 17.6 Å². The lowest BCUT2D eigenvalue weighted by Gasteiger charge is -2.30. The minimum Gasteiger partial charge on any atom is -0.207 e. The summed E-state index contributed by atoms with van der Waals surface area (Å²) in [6.45, 7) is 2.26. The van der Waals surface area contributed by atoms with Crippen molar-refractivity contribution in [1.29, 1.82) is 0 Å². The Labute approximate surface area is 168 Å². The Balaban J connectivity index is 1.42. The van der Waals surface area contributed by atoms with Crippen molar-refractivity contribution in [3.05, 3.63) is 70.3 Å². The van der Waals surface area contributed by atoms with Crippen LogP contribution in [0.1, 0.15) is 92.4 Å². The number of aryl methyl sites for hydroxylation is 1. The van der Waals surface area contributed by atoms with Gasteiger partial charge in [0.25, 0.3) is 0 Å². The minimum atomic E-state index is -0.169. The minimum absolute atomic E-state index is 0.0406. The summed E-state index contributed by atoms with van der Waals surface area (Å²) in [7, 11) is 0. The highest BCUT2D eigenvalue weighted by Gasteiger charge is 2.25. The lowest BCUT2D eigenvalue weighted by atomic mass is 9.76. The van der Waals surface area contributed by atoms with E-state index in [1.165, 1.54) is 62.1 Å². The van der Waals surface area contributed by atoms with E-state index in [9.17, 15) is 4.39 Å². The molecule has 2 aromatic rings. The van der Waals surface area contributed by atoms with Gasteiger partial charge in [0, 0.05) is 0 Å². The van der Waals surface area contributed by atoms with Crippen LogP contribution in [0.4, 0.5) is 8.78 Å². The Morgan fingerprint density at radius 1 is 0.857 bits per heavy atom. The molecule has 1 atom stereocenters. The third-order valence-corrected chi connectivity index (χ3v) is 7.15. The number of hydrogen-bond acceptors (Lipinski definition) is 0. The first-order chi connectivity index (χ1) is 13.6. The van der Waals surface area contributed by atoms with Crippen LogP contribution in [0.15, 0.2) is 36.4 Å². The van der Waals surface area contributed by atoms with Crippen LogP contribution in [0, 0.1) is 17.6 Å². The molecule has 0 spiro atoms. The predicted octanol–water partition coefficient (Wildman–Crippen LogP) is 7.70. The fourth-order valence-corrected chi connectivity index (χ4v) is 5.39. The summed E-state index contributed by atoms with van der Waals surface area (Å²) in [6, 6.07) is 11.1. The van der Waals surface area contributed by atoms with Gasteiger partial charge in [-0.25, -0.2) is 8.78 Å². The second-order valence-corrected chi connectivity index (χ2v) is 8.99.